The Morgan fingerprint density at radius 1 is 1.67 bits per heavy atom. The highest BCUT2D eigenvalue weighted by Gasteiger charge is 1.92. The van der Waals surface area contributed by atoms with E-state index in [2.05, 4.69) is 0 Å². The Morgan fingerprint density at radius 2 is 2.33 bits per heavy atom. The zero-order valence-electron chi connectivity index (χ0n) is 5.66. The van der Waals surface area contributed by atoms with Crippen molar-refractivity contribution in [2.24, 2.45) is 7.05 Å². The summed E-state index contributed by atoms with van der Waals surface area (Å²) in [7, 11) is 1.85. The summed E-state index contributed by atoms with van der Waals surface area (Å²) in [5.41, 5.74) is 0.0694. The molecule has 50 valence electrons. The van der Waals surface area contributed by atoms with E-state index in [1.165, 1.54) is 0 Å². The molecular weight excluding hydrogens is 116 g/mol. The minimum atomic E-state index is 0.0694. The topological polar surface area (TPSA) is 26.9 Å². The molecular formula is C6H10N2O. The molecule has 0 saturated carbocycles. The van der Waals surface area contributed by atoms with Gasteiger partial charge in [-0.1, -0.05) is 0 Å². The first-order chi connectivity index (χ1) is 4.25. The van der Waals surface area contributed by atoms with E-state index in [0.717, 1.165) is 6.54 Å². The summed E-state index contributed by atoms with van der Waals surface area (Å²) in [6.45, 7) is 2.68. The summed E-state index contributed by atoms with van der Waals surface area (Å²) < 4.78 is 3.43. The largest absolute Gasteiger partial charge is 0.293 e. The van der Waals surface area contributed by atoms with E-state index in [-0.39, 0.29) is 5.56 Å². The van der Waals surface area contributed by atoms with Crippen LogP contribution in [0.25, 0.3) is 0 Å². The quantitative estimate of drug-likeness (QED) is 0.528. The second kappa shape index (κ2) is 2.09. The molecule has 3 heteroatoms. The van der Waals surface area contributed by atoms with Gasteiger partial charge in [-0.25, -0.2) is 0 Å². The van der Waals surface area contributed by atoms with Crippen molar-refractivity contribution in [3.63, 3.8) is 0 Å². The smallest absolute Gasteiger partial charge is 0.266 e. The summed E-state index contributed by atoms with van der Waals surface area (Å²) >= 11 is 0. The first kappa shape index (κ1) is 6.13. The van der Waals surface area contributed by atoms with E-state index >= 15 is 0 Å². The first-order valence-electron chi connectivity index (χ1n) is 2.98. The molecule has 0 spiro atoms. The van der Waals surface area contributed by atoms with Crippen LogP contribution in [-0.4, -0.2) is 9.36 Å². The van der Waals surface area contributed by atoms with Crippen LogP contribution < -0.4 is 5.56 Å². The van der Waals surface area contributed by atoms with E-state index in [4.69, 9.17) is 0 Å². The molecule has 1 heterocycles. The zero-order valence-corrected chi connectivity index (χ0v) is 5.66. The van der Waals surface area contributed by atoms with Crippen molar-refractivity contribution in [1.82, 2.24) is 9.36 Å². The summed E-state index contributed by atoms with van der Waals surface area (Å²) in [5.74, 6) is 0. The first-order valence-corrected chi connectivity index (χ1v) is 2.98. The number of hydrogen-bond acceptors (Lipinski definition) is 1. The maximum absolute atomic E-state index is 10.8. The Kier molecular flexibility index (Phi) is 1.42. The second-order valence-corrected chi connectivity index (χ2v) is 1.94. The maximum atomic E-state index is 10.8. The van der Waals surface area contributed by atoms with Gasteiger partial charge >= 0.3 is 0 Å². The van der Waals surface area contributed by atoms with Crippen LogP contribution >= 0.6 is 0 Å². The van der Waals surface area contributed by atoms with Gasteiger partial charge < -0.3 is 0 Å². The molecule has 0 aromatic carbocycles. The van der Waals surface area contributed by atoms with Crippen molar-refractivity contribution >= 4 is 0 Å². The van der Waals surface area contributed by atoms with Crippen molar-refractivity contribution < 1.29 is 0 Å². The van der Waals surface area contributed by atoms with E-state index < -0.39 is 0 Å². The van der Waals surface area contributed by atoms with Crippen molar-refractivity contribution in [1.29, 1.82) is 0 Å². The molecule has 0 amide bonds. The standard InChI is InChI=1S/C6H10N2O/c1-3-8-6(9)4-5-7(8)2/h4-5H,3H2,1-2H3. The van der Waals surface area contributed by atoms with Crippen molar-refractivity contribution in [2.45, 2.75) is 13.5 Å². The lowest BCUT2D eigenvalue weighted by atomic mass is 10.7. The van der Waals surface area contributed by atoms with Crippen LogP contribution in [0, 0.1) is 0 Å². The van der Waals surface area contributed by atoms with Gasteiger partial charge in [0.25, 0.3) is 5.56 Å². The summed E-state index contributed by atoms with van der Waals surface area (Å²) in [6, 6.07) is 1.56. The van der Waals surface area contributed by atoms with E-state index in [1.54, 1.807) is 21.6 Å². The van der Waals surface area contributed by atoms with E-state index in [0.29, 0.717) is 0 Å². The minimum absolute atomic E-state index is 0.0694. The van der Waals surface area contributed by atoms with Crippen molar-refractivity contribution in [3.8, 4) is 0 Å². The van der Waals surface area contributed by atoms with Crippen LogP contribution in [0.2, 0.25) is 0 Å². The molecule has 0 fully saturated rings. The Labute approximate surface area is 53.5 Å². The van der Waals surface area contributed by atoms with Crippen LogP contribution in [-0.2, 0) is 13.6 Å². The predicted molar refractivity (Wildman–Crippen MR) is 35.3 cm³/mol. The lowest BCUT2D eigenvalue weighted by Gasteiger charge is -2.00. The fraction of sp³-hybridized carbons (Fsp3) is 0.500. The highest BCUT2D eigenvalue weighted by atomic mass is 16.1. The Bertz CT molecular complexity index is 246. The number of nitrogens with zero attached hydrogens (tertiary/aromatic N) is 2. The third-order valence-corrected chi connectivity index (χ3v) is 1.37. The fourth-order valence-electron chi connectivity index (χ4n) is 0.873. The van der Waals surface area contributed by atoms with Gasteiger partial charge in [0.15, 0.2) is 0 Å². The number of aryl methyl sites for hydroxylation is 1. The number of rotatable bonds is 1. The normalized spacial score (nSPS) is 10.0. The third kappa shape index (κ3) is 0.896. The van der Waals surface area contributed by atoms with Crippen molar-refractivity contribution in [2.75, 3.05) is 0 Å². The molecule has 0 atom stereocenters. The molecule has 1 rings (SSSR count). The van der Waals surface area contributed by atoms with Crippen LogP contribution in [0.1, 0.15) is 6.92 Å². The van der Waals surface area contributed by atoms with Gasteiger partial charge in [0.05, 0.1) is 0 Å². The molecule has 1 aromatic rings. The molecule has 0 N–H and O–H groups in total. The molecule has 0 bridgehead atoms. The fourth-order valence-corrected chi connectivity index (χ4v) is 0.873. The zero-order chi connectivity index (χ0) is 6.85. The van der Waals surface area contributed by atoms with Crippen LogP contribution in [0.5, 0.6) is 0 Å². The highest BCUT2D eigenvalue weighted by Crippen LogP contribution is 1.79. The Hall–Kier alpha value is -0.990. The van der Waals surface area contributed by atoms with Gasteiger partial charge in [-0.3, -0.25) is 14.2 Å². The molecule has 3 nitrogen and oxygen atoms in total. The van der Waals surface area contributed by atoms with Gasteiger partial charge in [-0.05, 0) is 6.92 Å². The van der Waals surface area contributed by atoms with Crippen LogP contribution in [0.4, 0.5) is 0 Å². The third-order valence-electron chi connectivity index (χ3n) is 1.37. The monoisotopic (exact) mass is 126 g/mol. The van der Waals surface area contributed by atoms with Gasteiger partial charge in [-0.2, -0.15) is 0 Å². The van der Waals surface area contributed by atoms with Crippen LogP contribution in [0.15, 0.2) is 17.1 Å². The molecule has 1 aromatic heterocycles. The van der Waals surface area contributed by atoms with Gasteiger partial charge in [-0.15, -0.1) is 0 Å². The highest BCUT2D eigenvalue weighted by molar-refractivity contribution is 4.82. The summed E-state index contributed by atoms with van der Waals surface area (Å²) in [6.07, 6.45) is 1.76. The molecule has 0 unspecified atom stereocenters. The van der Waals surface area contributed by atoms with Crippen LogP contribution in [0.3, 0.4) is 0 Å². The van der Waals surface area contributed by atoms with Gasteiger partial charge in [0.2, 0.25) is 0 Å². The lowest BCUT2D eigenvalue weighted by molar-refractivity contribution is 0.519. The van der Waals surface area contributed by atoms with Gasteiger partial charge in [0.1, 0.15) is 0 Å². The molecule has 0 aliphatic carbocycles. The Morgan fingerprint density at radius 3 is 2.56 bits per heavy atom. The molecule has 0 radical (unpaired) electrons. The Balaban J connectivity index is 3.23. The predicted octanol–water partition coefficient (Wildman–Crippen LogP) is 0.207. The average Bonchev–Trinajstić information content (AvgIpc) is 2.12. The molecule has 9 heavy (non-hydrogen) atoms. The maximum Gasteiger partial charge on any atom is 0.266 e. The minimum Gasteiger partial charge on any atom is -0.293 e. The summed E-state index contributed by atoms with van der Waals surface area (Å²) in [4.78, 5) is 10.8. The number of aromatic nitrogens is 2. The summed E-state index contributed by atoms with van der Waals surface area (Å²) in [5, 5.41) is 0. The average molecular weight is 126 g/mol. The van der Waals surface area contributed by atoms with E-state index in [9.17, 15) is 4.79 Å². The van der Waals surface area contributed by atoms with Gasteiger partial charge in [0, 0.05) is 25.9 Å². The molecule has 0 aliphatic heterocycles. The lowest BCUT2D eigenvalue weighted by Crippen LogP contribution is -2.19. The van der Waals surface area contributed by atoms with Crippen molar-refractivity contribution in [3.05, 3.63) is 22.6 Å². The second-order valence-electron chi connectivity index (χ2n) is 1.94. The number of hydrogen-bond donors (Lipinski definition) is 0. The SMILES string of the molecule is CCn1c(=O)ccn1C. The molecule has 0 saturated heterocycles. The van der Waals surface area contributed by atoms with E-state index in [1.807, 2.05) is 14.0 Å². The molecule has 0 aliphatic rings.